The Hall–Kier alpha value is -3.01. The lowest BCUT2D eigenvalue weighted by Crippen LogP contribution is -2.58. The van der Waals surface area contributed by atoms with Crippen LogP contribution in [0.25, 0.3) is 11.1 Å². The van der Waals surface area contributed by atoms with Gasteiger partial charge in [0.05, 0.1) is 22.7 Å². The summed E-state index contributed by atoms with van der Waals surface area (Å²) < 4.78 is 28.2. The van der Waals surface area contributed by atoms with Gasteiger partial charge in [0.2, 0.25) is 0 Å². The molecule has 10 atom stereocenters. The van der Waals surface area contributed by atoms with Gasteiger partial charge in [-0.15, -0.1) is 0 Å². The van der Waals surface area contributed by atoms with Crippen LogP contribution in [0.3, 0.4) is 0 Å². The molecule has 3 N–H and O–H groups in total. The van der Waals surface area contributed by atoms with Crippen molar-refractivity contribution in [2.45, 2.75) is 102 Å². The molecule has 272 valence electrons. The fraction of sp³-hybridized carbons (Fsp3) is 0.610. The number of carbonyl (C=O) groups excluding carboxylic acids is 1. The van der Waals surface area contributed by atoms with Crippen LogP contribution in [-0.4, -0.2) is 60.7 Å². The highest BCUT2D eigenvalue weighted by molar-refractivity contribution is 7.90. The predicted octanol–water partition coefficient (Wildman–Crippen LogP) is 7.04. The van der Waals surface area contributed by atoms with E-state index in [4.69, 9.17) is 9.84 Å². The van der Waals surface area contributed by atoms with E-state index in [0.29, 0.717) is 41.1 Å². The van der Waals surface area contributed by atoms with E-state index in [9.17, 15) is 28.2 Å². The minimum Gasteiger partial charge on any atom is -0.481 e. The first-order valence-electron chi connectivity index (χ1n) is 18.5. The van der Waals surface area contributed by atoms with Crippen LogP contribution in [0.15, 0.2) is 59.5 Å². The number of carboxylic acids is 1. The van der Waals surface area contributed by atoms with Crippen LogP contribution in [0.1, 0.15) is 96.1 Å². The van der Waals surface area contributed by atoms with E-state index < -0.39 is 15.8 Å². The molecule has 50 heavy (non-hydrogen) atoms. The van der Waals surface area contributed by atoms with Crippen molar-refractivity contribution in [3.8, 4) is 0 Å². The maximum atomic E-state index is 12.0. The summed E-state index contributed by atoms with van der Waals surface area (Å²) in [6, 6.07) is 15.8. The monoisotopic (exact) mass is 706 g/mol. The molecule has 0 bridgehead atoms. The van der Waals surface area contributed by atoms with Crippen LogP contribution >= 0.6 is 0 Å². The van der Waals surface area contributed by atoms with Crippen molar-refractivity contribution < 1.29 is 38.1 Å². The molecule has 7 rings (SSSR count). The Labute approximate surface area is 297 Å². The Morgan fingerprint density at radius 3 is 2.22 bits per heavy atom. The lowest BCUT2D eigenvalue weighted by molar-refractivity contribution is -0.174. The minimum atomic E-state index is -3.23. The van der Waals surface area contributed by atoms with Crippen molar-refractivity contribution in [3.63, 3.8) is 0 Å². The molecule has 8 nitrogen and oxygen atoms in total. The number of aliphatic hydroxyl groups is 2. The molecule has 9 heteroatoms. The number of carboxylic acid groups (broad SMARTS) is 1. The molecule has 5 aliphatic rings. The van der Waals surface area contributed by atoms with Crippen LogP contribution in [0, 0.1) is 46.3 Å². The van der Waals surface area contributed by atoms with Gasteiger partial charge in [-0.1, -0.05) is 63.2 Å². The zero-order valence-corrected chi connectivity index (χ0v) is 30.7. The molecule has 0 radical (unpaired) electrons. The number of aliphatic carboxylic acids is 1. The molecular weight excluding hydrogens is 653 g/mol. The molecule has 0 amide bonds. The number of hydrogen-bond donors (Lipinski definition) is 3. The zero-order chi connectivity index (χ0) is 36.0. The molecule has 0 saturated heterocycles. The highest BCUT2D eigenvalue weighted by Crippen LogP contribution is 2.68. The average molecular weight is 707 g/mol. The Morgan fingerprint density at radius 1 is 0.900 bits per heavy atom. The normalized spacial score (nSPS) is 35.6. The lowest BCUT2D eigenvalue weighted by atomic mass is 9.43. The maximum absolute atomic E-state index is 12.0. The molecule has 4 aliphatic carbocycles. The third kappa shape index (κ3) is 6.94. The topological polar surface area (TPSA) is 138 Å². The Bertz CT molecular complexity index is 1700. The highest BCUT2D eigenvalue weighted by atomic mass is 32.2. The SMILES string of the molecule is CS(=O)(=O)c1ccc(C2=C(c3ccccc3)C(=O)OC2)cc1.C[C@H](CCC(=O)O)[C@H]1CCC2C3C(CC[C@@]21C)[C@@]1(C)CC[C@H](O)CC1C[C@@H]3O. The summed E-state index contributed by atoms with van der Waals surface area (Å²) >= 11 is 0. The molecule has 0 aromatic heterocycles. The second kappa shape index (κ2) is 14.2. The van der Waals surface area contributed by atoms with Gasteiger partial charge in [-0.2, -0.15) is 0 Å². The van der Waals surface area contributed by atoms with Gasteiger partial charge in [-0.3, -0.25) is 4.79 Å². The molecule has 4 fully saturated rings. The zero-order valence-electron chi connectivity index (χ0n) is 29.9. The summed E-state index contributed by atoms with van der Waals surface area (Å²) in [5.41, 5.74) is 3.42. The molecule has 1 heterocycles. The van der Waals surface area contributed by atoms with E-state index in [0.717, 1.165) is 48.8 Å². The highest BCUT2D eigenvalue weighted by Gasteiger charge is 2.62. The Balaban J connectivity index is 0.000000178. The lowest BCUT2D eigenvalue weighted by Gasteiger charge is -2.62. The summed E-state index contributed by atoms with van der Waals surface area (Å²) in [5.74, 6) is 2.00. The smallest absolute Gasteiger partial charge is 0.339 e. The molecular formula is C41H54O8S. The fourth-order valence-corrected chi connectivity index (χ4v) is 11.8. The van der Waals surface area contributed by atoms with E-state index in [1.165, 1.54) is 31.9 Å². The van der Waals surface area contributed by atoms with Crippen LogP contribution in [-0.2, 0) is 24.2 Å². The number of fused-ring (bicyclic) bond motifs is 5. The first-order valence-corrected chi connectivity index (χ1v) is 20.4. The number of ether oxygens (including phenoxy) is 1. The molecule has 1 aliphatic heterocycles. The van der Waals surface area contributed by atoms with Crippen LogP contribution in [0.2, 0.25) is 0 Å². The van der Waals surface area contributed by atoms with Gasteiger partial charge in [-0.25, -0.2) is 13.2 Å². The van der Waals surface area contributed by atoms with E-state index >= 15 is 0 Å². The van der Waals surface area contributed by atoms with Crippen molar-refractivity contribution in [3.05, 3.63) is 65.7 Å². The largest absolute Gasteiger partial charge is 0.481 e. The summed E-state index contributed by atoms with van der Waals surface area (Å²) in [7, 11) is -3.23. The van der Waals surface area contributed by atoms with Gasteiger partial charge in [-0.05, 0) is 127 Å². The van der Waals surface area contributed by atoms with E-state index in [1.807, 2.05) is 30.3 Å². The second-order valence-corrected chi connectivity index (χ2v) is 18.5. The quantitative estimate of drug-likeness (QED) is 0.261. The van der Waals surface area contributed by atoms with E-state index in [-0.39, 0.29) is 46.9 Å². The number of sulfone groups is 1. The number of benzene rings is 2. The second-order valence-electron chi connectivity index (χ2n) is 16.5. The van der Waals surface area contributed by atoms with E-state index in [2.05, 4.69) is 20.8 Å². The molecule has 2 aromatic carbocycles. The molecule has 4 saturated carbocycles. The molecule has 2 aromatic rings. The summed E-state index contributed by atoms with van der Waals surface area (Å²) in [5, 5.41) is 30.5. The van der Waals surface area contributed by atoms with Gasteiger partial charge in [0.25, 0.3) is 0 Å². The van der Waals surface area contributed by atoms with Crippen molar-refractivity contribution in [1.29, 1.82) is 0 Å². The number of esters is 1. The van der Waals surface area contributed by atoms with Crippen molar-refractivity contribution in [1.82, 2.24) is 0 Å². The number of rotatable bonds is 7. The van der Waals surface area contributed by atoms with Crippen LogP contribution in [0.4, 0.5) is 0 Å². The predicted molar refractivity (Wildman–Crippen MR) is 192 cm³/mol. The van der Waals surface area contributed by atoms with Gasteiger partial charge in [0, 0.05) is 18.2 Å². The Morgan fingerprint density at radius 2 is 1.56 bits per heavy atom. The van der Waals surface area contributed by atoms with Crippen molar-refractivity contribution in [2.75, 3.05) is 12.9 Å². The van der Waals surface area contributed by atoms with Crippen molar-refractivity contribution >= 4 is 32.9 Å². The van der Waals surface area contributed by atoms with Crippen molar-refractivity contribution in [2.24, 2.45) is 46.3 Å². The summed E-state index contributed by atoms with van der Waals surface area (Å²) in [6.45, 7) is 7.36. The van der Waals surface area contributed by atoms with E-state index in [1.54, 1.807) is 24.3 Å². The van der Waals surface area contributed by atoms with Gasteiger partial charge in [0.15, 0.2) is 9.84 Å². The number of cyclic esters (lactones) is 1. The first-order chi connectivity index (χ1) is 23.6. The third-order valence-electron chi connectivity index (χ3n) is 13.8. The first kappa shape index (κ1) is 36.8. The Kier molecular flexibility index (Phi) is 10.4. The average Bonchev–Trinajstić information content (AvgIpc) is 3.64. The maximum Gasteiger partial charge on any atom is 0.339 e. The summed E-state index contributed by atoms with van der Waals surface area (Å²) in [6.07, 6.45) is 10.4. The molecule has 4 unspecified atom stereocenters. The molecule has 0 spiro atoms. The van der Waals surface area contributed by atoms with Crippen LogP contribution in [0.5, 0.6) is 0 Å². The standard InChI is InChI=1S/C24H40O4.C17H14O4S/c1-14(4-7-21(27)28)17-5-6-18-22-19(9-11-24(17,18)3)23(2)10-8-16(25)12-15(23)13-20(22)26;1-22(19,20)14-9-7-12(8-10-14)15-11-21-17(18)16(15)13-5-3-2-4-6-13/h14-20,22,25-26H,4-13H2,1-3H3,(H,27,28);2-10H,11H2,1H3/t14-,15?,16+,17-,18?,19?,20+,22?,23+,24-;/m1./s1. The third-order valence-corrected chi connectivity index (χ3v) is 14.9. The van der Waals surface area contributed by atoms with Crippen LogP contribution < -0.4 is 0 Å². The number of hydrogen-bond acceptors (Lipinski definition) is 7. The number of aliphatic hydroxyl groups excluding tert-OH is 2. The number of carbonyl (C=O) groups is 2. The van der Waals surface area contributed by atoms with Gasteiger partial charge < -0.3 is 20.1 Å². The minimum absolute atomic E-state index is 0.179. The summed E-state index contributed by atoms with van der Waals surface area (Å²) in [4.78, 5) is 23.3. The fourth-order valence-electron chi connectivity index (χ4n) is 11.2. The van der Waals surface area contributed by atoms with Gasteiger partial charge >= 0.3 is 11.9 Å². The van der Waals surface area contributed by atoms with Gasteiger partial charge in [0.1, 0.15) is 6.61 Å².